The highest BCUT2D eigenvalue weighted by Gasteiger charge is 2.14. The molecule has 1 N–H and O–H groups in total. The number of nitrogens with one attached hydrogen (secondary N) is 1. The number of methoxy groups -OCH3 is 2. The lowest BCUT2D eigenvalue weighted by molar-refractivity contribution is -0.113. The van der Waals surface area contributed by atoms with E-state index in [0.717, 1.165) is 26.8 Å². The summed E-state index contributed by atoms with van der Waals surface area (Å²) < 4.78 is 10.5. The van der Waals surface area contributed by atoms with E-state index in [1.165, 1.54) is 11.8 Å². The number of rotatable bonds is 8. The molecule has 0 aliphatic heterocycles. The number of hydrogen-bond donors (Lipinski definition) is 1. The third-order valence-corrected chi connectivity index (χ3v) is 6.87. The smallest absolute Gasteiger partial charge is 0.234 e. The molecule has 0 fully saturated rings. The molecule has 0 saturated heterocycles. The predicted octanol–water partition coefficient (Wildman–Crippen LogP) is 5.32. The van der Waals surface area contributed by atoms with Crippen molar-refractivity contribution in [2.24, 2.45) is 0 Å². The molecule has 0 saturated carbocycles. The van der Waals surface area contributed by atoms with E-state index in [2.05, 4.69) is 20.5 Å². The topological polar surface area (TPSA) is 86.2 Å². The lowest BCUT2D eigenvalue weighted by Gasteiger charge is -2.11. The molecule has 4 aromatic rings. The van der Waals surface area contributed by atoms with Crippen LogP contribution in [-0.2, 0) is 4.79 Å². The maximum absolute atomic E-state index is 12.4. The number of hydrogen-bond acceptors (Lipinski definition) is 8. The van der Waals surface area contributed by atoms with Gasteiger partial charge in [-0.1, -0.05) is 42.1 Å². The Balaban J connectivity index is 1.40. The Morgan fingerprint density at radius 1 is 1.03 bits per heavy atom. The van der Waals surface area contributed by atoms with Crippen LogP contribution in [0, 0.1) is 6.92 Å². The molecule has 168 valence electrons. The number of thioether (sulfide) groups is 1. The number of aromatic nitrogens is 3. The lowest BCUT2D eigenvalue weighted by atomic mass is 10.2. The highest BCUT2D eigenvalue weighted by molar-refractivity contribution is 7.99. The van der Waals surface area contributed by atoms with E-state index in [4.69, 9.17) is 9.47 Å². The fourth-order valence-corrected chi connectivity index (χ4v) is 4.74. The first-order valence-electron chi connectivity index (χ1n) is 10.1. The minimum absolute atomic E-state index is 0.178. The van der Waals surface area contributed by atoms with Crippen molar-refractivity contribution in [2.45, 2.75) is 11.9 Å². The van der Waals surface area contributed by atoms with Gasteiger partial charge in [0.2, 0.25) is 5.91 Å². The summed E-state index contributed by atoms with van der Waals surface area (Å²) in [5.74, 6) is 1.21. The Hall–Kier alpha value is -3.43. The number of carbonyl (C=O) groups is 1. The minimum atomic E-state index is -0.178. The molecule has 0 bridgehead atoms. The van der Waals surface area contributed by atoms with Crippen LogP contribution in [0.4, 0.5) is 5.69 Å². The largest absolute Gasteiger partial charge is 0.497 e. The summed E-state index contributed by atoms with van der Waals surface area (Å²) in [5.41, 5.74) is 3.32. The van der Waals surface area contributed by atoms with E-state index in [-0.39, 0.29) is 11.7 Å². The molecule has 33 heavy (non-hydrogen) atoms. The Bertz CT molecular complexity index is 1240. The normalized spacial score (nSPS) is 10.6. The molecule has 1 amide bonds. The molecule has 0 atom stereocenters. The summed E-state index contributed by atoms with van der Waals surface area (Å²) in [7, 11) is 3.12. The third kappa shape index (κ3) is 5.50. The van der Waals surface area contributed by atoms with Gasteiger partial charge in [0.05, 0.1) is 36.2 Å². The molecule has 0 unspecified atom stereocenters. The average molecular weight is 479 g/mol. The van der Waals surface area contributed by atoms with Gasteiger partial charge in [0.25, 0.3) is 0 Å². The van der Waals surface area contributed by atoms with Crippen molar-refractivity contribution in [2.75, 3.05) is 25.3 Å². The van der Waals surface area contributed by atoms with E-state index in [1.54, 1.807) is 43.8 Å². The van der Waals surface area contributed by atoms with Crippen molar-refractivity contribution >= 4 is 34.7 Å². The van der Waals surface area contributed by atoms with E-state index < -0.39 is 0 Å². The Labute approximate surface area is 200 Å². The van der Waals surface area contributed by atoms with Crippen LogP contribution in [0.5, 0.6) is 11.5 Å². The summed E-state index contributed by atoms with van der Waals surface area (Å²) in [6.07, 6.45) is 0. The molecule has 9 heteroatoms. The fraction of sp³-hybridized carbons (Fsp3) is 0.167. The zero-order valence-electron chi connectivity index (χ0n) is 18.4. The van der Waals surface area contributed by atoms with Gasteiger partial charge in [-0.3, -0.25) is 4.79 Å². The van der Waals surface area contributed by atoms with Crippen molar-refractivity contribution in [3.8, 4) is 32.6 Å². The predicted molar refractivity (Wildman–Crippen MR) is 132 cm³/mol. The average Bonchev–Trinajstić information content (AvgIpc) is 3.25. The van der Waals surface area contributed by atoms with Gasteiger partial charge >= 0.3 is 0 Å². The van der Waals surface area contributed by atoms with Gasteiger partial charge in [0.15, 0.2) is 0 Å². The number of aryl methyl sites for hydroxylation is 1. The molecule has 0 radical (unpaired) electrons. The molecule has 0 aliphatic carbocycles. The maximum atomic E-state index is 12.4. The number of ether oxygens (including phenoxy) is 2. The van der Waals surface area contributed by atoms with Crippen LogP contribution in [0.2, 0.25) is 0 Å². The maximum Gasteiger partial charge on any atom is 0.234 e. The van der Waals surface area contributed by atoms with Gasteiger partial charge in [0, 0.05) is 11.6 Å². The monoisotopic (exact) mass is 478 g/mol. The van der Waals surface area contributed by atoms with E-state index in [1.807, 2.05) is 49.4 Å². The first-order chi connectivity index (χ1) is 16.1. The van der Waals surface area contributed by atoms with Gasteiger partial charge < -0.3 is 14.8 Å². The number of anilines is 1. The quantitative estimate of drug-likeness (QED) is 0.343. The van der Waals surface area contributed by atoms with Crippen LogP contribution in [0.15, 0.2) is 65.7 Å². The van der Waals surface area contributed by atoms with E-state index in [0.29, 0.717) is 22.2 Å². The van der Waals surface area contributed by atoms with Crippen LogP contribution < -0.4 is 14.8 Å². The number of carbonyl (C=O) groups excluding carboxylic acids is 1. The second-order valence-corrected chi connectivity index (χ2v) is 8.95. The van der Waals surface area contributed by atoms with Gasteiger partial charge in [-0.25, -0.2) is 4.98 Å². The first kappa shape index (κ1) is 22.8. The highest BCUT2D eigenvalue weighted by atomic mass is 32.2. The van der Waals surface area contributed by atoms with Crippen molar-refractivity contribution in [1.29, 1.82) is 0 Å². The molecule has 2 aromatic carbocycles. The zero-order chi connectivity index (χ0) is 23.2. The Morgan fingerprint density at radius 2 is 1.85 bits per heavy atom. The molecule has 2 aromatic heterocycles. The van der Waals surface area contributed by atoms with Gasteiger partial charge in [-0.05, 0) is 31.2 Å². The molecule has 0 spiro atoms. The molecule has 4 rings (SSSR count). The number of amides is 1. The lowest BCUT2D eigenvalue weighted by Crippen LogP contribution is -2.15. The minimum Gasteiger partial charge on any atom is -0.497 e. The molecule has 0 aliphatic rings. The molecule has 7 nitrogen and oxygen atoms in total. The van der Waals surface area contributed by atoms with Crippen molar-refractivity contribution in [3.63, 3.8) is 0 Å². The van der Waals surface area contributed by atoms with Crippen LogP contribution >= 0.6 is 23.1 Å². The second kappa shape index (κ2) is 10.5. The summed E-state index contributed by atoms with van der Waals surface area (Å²) >= 11 is 2.90. The third-order valence-electron chi connectivity index (χ3n) is 4.72. The molecule has 2 heterocycles. The van der Waals surface area contributed by atoms with Gasteiger partial charge in [-0.15, -0.1) is 21.5 Å². The number of thiazole rings is 1. The van der Waals surface area contributed by atoms with Gasteiger partial charge in [-0.2, -0.15) is 0 Å². The summed E-state index contributed by atoms with van der Waals surface area (Å²) in [5, 5.41) is 13.1. The Kier molecular flexibility index (Phi) is 7.21. The second-order valence-electron chi connectivity index (χ2n) is 6.96. The molecular weight excluding hydrogens is 456 g/mol. The highest BCUT2D eigenvalue weighted by Crippen LogP contribution is 2.34. The summed E-state index contributed by atoms with van der Waals surface area (Å²) in [6.45, 7) is 1.97. The van der Waals surface area contributed by atoms with Crippen LogP contribution in [0.3, 0.4) is 0 Å². The summed E-state index contributed by atoms with van der Waals surface area (Å²) in [6, 6.07) is 19.1. The van der Waals surface area contributed by atoms with Crippen LogP contribution in [0.1, 0.15) is 5.69 Å². The van der Waals surface area contributed by atoms with E-state index >= 15 is 0 Å². The zero-order valence-corrected chi connectivity index (χ0v) is 20.0. The van der Waals surface area contributed by atoms with Crippen LogP contribution in [0.25, 0.3) is 21.1 Å². The van der Waals surface area contributed by atoms with Crippen molar-refractivity contribution < 1.29 is 14.3 Å². The van der Waals surface area contributed by atoms with Gasteiger partial charge in [0.1, 0.15) is 27.2 Å². The van der Waals surface area contributed by atoms with E-state index in [9.17, 15) is 4.79 Å². The van der Waals surface area contributed by atoms with Crippen molar-refractivity contribution in [1.82, 2.24) is 15.2 Å². The summed E-state index contributed by atoms with van der Waals surface area (Å²) in [4.78, 5) is 18.1. The number of nitrogens with zero attached hydrogens (tertiary/aromatic N) is 3. The Morgan fingerprint density at radius 3 is 2.55 bits per heavy atom. The molecular formula is C24H22N4O3S2. The number of benzene rings is 2. The van der Waals surface area contributed by atoms with Crippen molar-refractivity contribution in [3.05, 3.63) is 66.4 Å². The fourth-order valence-electron chi connectivity index (χ4n) is 3.09. The SMILES string of the molecule is COc1ccc(OC)c(NC(=O)CSc2ccc(-c3sc(-c4ccccc4)nc3C)nn2)c1. The first-order valence-corrected chi connectivity index (χ1v) is 11.9. The standard InChI is InChI=1S/C24H22N4O3S2/c1-15-23(33-24(25-15)16-7-5-4-6-8-16)18-10-12-22(28-27-18)32-14-21(29)26-19-13-17(30-2)9-11-20(19)31-3/h4-13H,14H2,1-3H3,(H,26,29). The van der Waals surface area contributed by atoms with Crippen LogP contribution in [-0.4, -0.2) is 41.1 Å².